The summed E-state index contributed by atoms with van der Waals surface area (Å²) in [5.41, 5.74) is 2.94. The molecule has 3 N–H and O–H groups in total. The van der Waals surface area contributed by atoms with Crippen molar-refractivity contribution in [2.45, 2.75) is 57.2 Å². The zero-order valence-corrected chi connectivity index (χ0v) is 8.50. The lowest BCUT2D eigenvalue weighted by molar-refractivity contribution is 0.117. The largest absolute Gasteiger partial charge is 0.297 e. The van der Waals surface area contributed by atoms with E-state index in [1.165, 1.54) is 38.6 Å². The Morgan fingerprint density at radius 3 is 2.38 bits per heavy atom. The second-order valence-electron chi connectivity index (χ2n) is 4.46. The zero-order valence-electron chi connectivity index (χ0n) is 8.50. The Hall–Kier alpha value is -0.120. The third-order valence-electron chi connectivity index (χ3n) is 3.60. The van der Waals surface area contributed by atoms with Crippen LogP contribution in [0, 0.1) is 0 Å². The van der Waals surface area contributed by atoms with Crippen LogP contribution in [0.3, 0.4) is 0 Å². The second-order valence-corrected chi connectivity index (χ2v) is 4.46. The van der Waals surface area contributed by atoms with E-state index in [0.717, 1.165) is 12.1 Å². The molecule has 0 aromatic heterocycles. The van der Waals surface area contributed by atoms with Crippen molar-refractivity contribution < 1.29 is 0 Å². The summed E-state index contributed by atoms with van der Waals surface area (Å²) in [7, 11) is 0. The number of rotatable bonds is 3. The van der Waals surface area contributed by atoms with Gasteiger partial charge in [-0.2, -0.15) is 0 Å². The van der Waals surface area contributed by atoms with Crippen molar-refractivity contribution in [1.82, 2.24) is 10.3 Å². The topological polar surface area (TPSA) is 41.3 Å². The first-order valence-electron chi connectivity index (χ1n) is 5.57. The monoisotopic (exact) mass is 183 g/mol. The lowest BCUT2D eigenvalue weighted by Crippen LogP contribution is -2.50. The molecular weight excluding hydrogens is 162 g/mol. The Balaban J connectivity index is 1.96. The van der Waals surface area contributed by atoms with Gasteiger partial charge < -0.3 is 0 Å². The third-order valence-corrected chi connectivity index (χ3v) is 3.60. The first-order valence-corrected chi connectivity index (χ1v) is 5.57. The Morgan fingerprint density at radius 2 is 1.92 bits per heavy atom. The number of hydrazine groups is 1. The van der Waals surface area contributed by atoms with Crippen LogP contribution in [0.5, 0.6) is 0 Å². The van der Waals surface area contributed by atoms with Crippen LogP contribution in [-0.2, 0) is 0 Å². The fraction of sp³-hybridized carbons (Fsp3) is 1.00. The van der Waals surface area contributed by atoms with E-state index in [1.807, 2.05) is 0 Å². The minimum atomic E-state index is 0.575. The predicted octanol–water partition coefficient (Wildman–Crippen LogP) is 0.855. The van der Waals surface area contributed by atoms with E-state index in [0.29, 0.717) is 6.04 Å². The molecule has 0 aromatic carbocycles. The van der Waals surface area contributed by atoms with Crippen molar-refractivity contribution in [3.05, 3.63) is 0 Å². The summed E-state index contributed by atoms with van der Waals surface area (Å²) >= 11 is 0. The van der Waals surface area contributed by atoms with Crippen molar-refractivity contribution in [3.8, 4) is 0 Å². The average molecular weight is 183 g/mol. The van der Waals surface area contributed by atoms with Gasteiger partial charge in [0, 0.05) is 18.1 Å². The molecular formula is C10H21N3. The van der Waals surface area contributed by atoms with Gasteiger partial charge in [-0.25, -0.2) is 0 Å². The Labute approximate surface area is 80.6 Å². The predicted molar refractivity (Wildman–Crippen MR) is 54.2 cm³/mol. The molecule has 0 radical (unpaired) electrons. The molecule has 2 bridgehead atoms. The third kappa shape index (κ3) is 1.73. The van der Waals surface area contributed by atoms with Gasteiger partial charge in [-0.3, -0.25) is 16.2 Å². The fourth-order valence-corrected chi connectivity index (χ4v) is 3.03. The van der Waals surface area contributed by atoms with Gasteiger partial charge in [0.15, 0.2) is 0 Å². The van der Waals surface area contributed by atoms with E-state index in [2.05, 4.69) is 17.2 Å². The van der Waals surface area contributed by atoms with Gasteiger partial charge >= 0.3 is 0 Å². The average Bonchev–Trinajstić information content (AvgIpc) is 2.39. The first-order chi connectivity index (χ1) is 6.35. The molecule has 0 aromatic rings. The highest BCUT2D eigenvalue weighted by atomic mass is 15.3. The van der Waals surface area contributed by atoms with E-state index >= 15 is 0 Å². The van der Waals surface area contributed by atoms with Gasteiger partial charge in [-0.1, -0.05) is 6.92 Å². The molecule has 3 atom stereocenters. The highest BCUT2D eigenvalue weighted by molar-refractivity contribution is 4.96. The summed E-state index contributed by atoms with van der Waals surface area (Å²) in [6, 6.07) is 2.21. The number of piperidine rings is 1. The summed E-state index contributed by atoms with van der Waals surface area (Å²) in [4.78, 5) is 2.70. The van der Waals surface area contributed by atoms with Crippen LogP contribution in [0.25, 0.3) is 0 Å². The number of nitrogens with two attached hydrogens (primary N) is 1. The molecule has 2 fully saturated rings. The Morgan fingerprint density at radius 1 is 1.31 bits per heavy atom. The zero-order chi connectivity index (χ0) is 9.26. The van der Waals surface area contributed by atoms with Crippen molar-refractivity contribution in [2.75, 3.05) is 6.54 Å². The normalized spacial score (nSPS) is 39.7. The smallest absolute Gasteiger partial charge is 0.0240 e. The minimum absolute atomic E-state index is 0.575. The lowest BCUT2D eigenvalue weighted by atomic mass is 9.98. The quantitative estimate of drug-likeness (QED) is 0.503. The lowest BCUT2D eigenvalue weighted by Gasteiger charge is -2.38. The Kier molecular flexibility index (Phi) is 2.86. The van der Waals surface area contributed by atoms with Crippen LogP contribution in [0.1, 0.15) is 39.0 Å². The summed E-state index contributed by atoms with van der Waals surface area (Å²) < 4.78 is 0. The van der Waals surface area contributed by atoms with Crippen molar-refractivity contribution >= 4 is 0 Å². The van der Waals surface area contributed by atoms with Crippen molar-refractivity contribution in [1.29, 1.82) is 0 Å². The van der Waals surface area contributed by atoms with Gasteiger partial charge in [0.25, 0.3) is 0 Å². The minimum Gasteiger partial charge on any atom is -0.297 e. The highest BCUT2D eigenvalue weighted by Gasteiger charge is 2.39. The van der Waals surface area contributed by atoms with Crippen LogP contribution in [0.4, 0.5) is 0 Å². The number of fused-ring (bicyclic) bond motifs is 2. The molecule has 2 aliphatic rings. The molecule has 3 heteroatoms. The SMILES string of the molecule is CCCN1[C@@H]2CC[C@H]1CC(NN)C2. The van der Waals surface area contributed by atoms with Crippen molar-refractivity contribution in [2.24, 2.45) is 5.84 Å². The molecule has 2 heterocycles. The number of nitrogens with one attached hydrogen (secondary N) is 1. The molecule has 13 heavy (non-hydrogen) atoms. The maximum atomic E-state index is 5.51. The van der Waals surface area contributed by atoms with E-state index in [9.17, 15) is 0 Å². The van der Waals surface area contributed by atoms with Crippen LogP contribution in [0.2, 0.25) is 0 Å². The van der Waals surface area contributed by atoms with Gasteiger partial charge in [0.2, 0.25) is 0 Å². The molecule has 2 aliphatic heterocycles. The summed E-state index contributed by atoms with van der Waals surface area (Å²) in [5, 5.41) is 0. The van der Waals surface area contributed by atoms with Gasteiger partial charge in [0.05, 0.1) is 0 Å². The molecule has 1 unspecified atom stereocenters. The maximum absolute atomic E-state index is 5.51. The molecule has 3 nitrogen and oxygen atoms in total. The maximum Gasteiger partial charge on any atom is 0.0240 e. The molecule has 0 saturated carbocycles. The second kappa shape index (κ2) is 3.95. The molecule has 0 amide bonds. The number of hydrogen-bond acceptors (Lipinski definition) is 3. The highest BCUT2D eigenvalue weighted by Crippen LogP contribution is 2.35. The standard InChI is InChI=1S/C10H21N3/c1-2-5-13-9-3-4-10(13)7-8(6-9)12-11/h8-10,12H,2-7,11H2,1H3/t8?,9-,10+. The number of hydrogen-bond donors (Lipinski definition) is 2. The van der Waals surface area contributed by atoms with E-state index in [4.69, 9.17) is 5.84 Å². The molecule has 0 spiro atoms. The van der Waals surface area contributed by atoms with Crippen LogP contribution >= 0.6 is 0 Å². The summed E-state index contributed by atoms with van der Waals surface area (Å²) in [6.07, 6.45) is 6.58. The molecule has 0 aliphatic carbocycles. The van der Waals surface area contributed by atoms with E-state index < -0.39 is 0 Å². The summed E-state index contributed by atoms with van der Waals surface area (Å²) in [5.74, 6) is 5.51. The van der Waals surface area contributed by atoms with E-state index in [1.54, 1.807) is 0 Å². The van der Waals surface area contributed by atoms with Gasteiger partial charge in [-0.05, 0) is 38.6 Å². The molecule has 2 rings (SSSR count). The summed E-state index contributed by atoms with van der Waals surface area (Å²) in [6.45, 7) is 3.55. The van der Waals surface area contributed by atoms with Gasteiger partial charge in [-0.15, -0.1) is 0 Å². The Bertz CT molecular complexity index is 158. The van der Waals surface area contributed by atoms with Gasteiger partial charge in [0.1, 0.15) is 0 Å². The van der Waals surface area contributed by atoms with Crippen LogP contribution in [0.15, 0.2) is 0 Å². The number of nitrogens with zero attached hydrogens (tertiary/aromatic N) is 1. The van der Waals surface area contributed by atoms with Crippen LogP contribution < -0.4 is 11.3 Å². The van der Waals surface area contributed by atoms with Crippen LogP contribution in [-0.4, -0.2) is 29.6 Å². The van der Waals surface area contributed by atoms with E-state index in [-0.39, 0.29) is 0 Å². The fourth-order valence-electron chi connectivity index (χ4n) is 3.03. The molecule has 76 valence electrons. The van der Waals surface area contributed by atoms with Crippen molar-refractivity contribution in [3.63, 3.8) is 0 Å². The molecule has 2 saturated heterocycles. The first kappa shape index (κ1) is 9.44.